The van der Waals surface area contributed by atoms with Crippen molar-refractivity contribution in [2.75, 3.05) is 5.73 Å². The third kappa shape index (κ3) is 3.20. The van der Waals surface area contributed by atoms with E-state index in [1.807, 2.05) is 26.0 Å². The van der Waals surface area contributed by atoms with Gasteiger partial charge < -0.3 is 5.73 Å². The molecule has 0 bridgehead atoms. The zero-order chi connectivity index (χ0) is 14.0. The van der Waals surface area contributed by atoms with Gasteiger partial charge in [0.05, 0.1) is 21.4 Å². The van der Waals surface area contributed by atoms with Crippen LogP contribution in [0.5, 0.6) is 0 Å². The lowest BCUT2D eigenvalue weighted by molar-refractivity contribution is 0.626. The molecule has 2 aromatic rings. The molecular weight excluding hydrogens is 261 g/mol. The van der Waals surface area contributed by atoms with E-state index in [2.05, 4.69) is 0 Å². The monoisotopic (exact) mass is 277 g/mol. The number of benzene rings is 2. The van der Waals surface area contributed by atoms with Crippen LogP contribution in [0.3, 0.4) is 0 Å². The average molecular weight is 277 g/mol. The summed E-state index contributed by atoms with van der Waals surface area (Å²) >= 11 is 0. The molecule has 19 heavy (non-hydrogen) atoms. The highest BCUT2D eigenvalue weighted by molar-refractivity contribution is 7.84. The lowest BCUT2D eigenvalue weighted by Crippen LogP contribution is -2.02. The van der Waals surface area contributed by atoms with Gasteiger partial charge in [0.15, 0.2) is 0 Å². The van der Waals surface area contributed by atoms with E-state index < -0.39 is 10.8 Å². The fourth-order valence-corrected chi connectivity index (χ4v) is 3.22. The van der Waals surface area contributed by atoms with Gasteiger partial charge in [-0.1, -0.05) is 12.1 Å². The Balaban J connectivity index is 2.25. The molecule has 1 atom stereocenters. The molecule has 2 nitrogen and oxygen atoms in total. The number of hydrogen-bond acceptors (Lipinski definition) is 2. The molecule has 0 heterocycles. The van der Waals surface area contributed by atoms with E-state index in [1.54, 1.807) is 12.1 Å². The van der Waals surface area contributed by atoms with Gasteiger partial charge >= 0.3 is 0 Å². The summed E-state index contributed by atoms with van der Waals surface area (Å²) in [6, 6.07) is 10.0. The molecule has 0 fully saturated rings. The highest BCUT2D eigenvalue weighted by Crippen LogP contribution is 2.22. The summed E-state index contributed by atoms with van der Waals surface area (Å²) in [5, 5.41) is 0. The predicted octanol–water partition coefficient (Wildman–Crippen LogP) is 3.33. The number of nitrogens with two attached hydrogens (primary N) is 1. The van der Waals surface area contributed by atoms with Crippen molar-refractivity contribution in [3.05, 3.63) is 58.9 Å². The normalized spacial score (nSPS) is 12.4. The van der Waals surface area contributed by atoms with Gasteiger partial charge in [-0.25, -0.2) is 4.39 Å². The summed E-state index contributed by atoms with van der Waals surface area (Å²) in [4.78, 5) is 0.634. The smallest absolute Gasteiger partial charge is 0.123 e. The van der Waals surface area contributed by atoms with Crippen LogP contribution in [0.1, 0.15) is 16.7 Å². The highest BCUT2D eigenvalue weighted by Gasteiger charge is 2.10. The second-order valence-electron chi connectivity index (χ2n) is 4.60. The molecule has 0 radical (unpaired) electrons. The number of hydrogen-bond donors (Lipinski definition) is 1. The molecule has 100 valence electrons. The van der Waals surface area contributed by atoms with Crippen molar-refractivity contribution in [3.63, 3.8) is 0 Å². The average Bonchev–Trinajstić information content (AvgIpc) is 2.32. The van der Waals surface area contributed by atoms with Gasteiger partial charge in [-0.15, -0.1) is 0 Å². The molecule has 0 aliphatic rings. The van der Waals surface area contributed by atoms with Gasteiger partial charge in [-0.3, -0.25) is 4.21 Å². The summed E-state index contributed by atoms with van der Waals surface area (Å²) in [5.41, 5.74) is 9.14. The van der Waals surface area contributed by atoms with Crippen molar-refractivity contribution in [2.24, 2.45) is 0 Å². The summed E-state index contributed by atoms with van der Waals surface area (Å²) in [7, 11) is -1.22. The first-order valence-corrected chi connectivity index (χ1v) is 7.29. The van der Waals surface area contributed by atoms with E-state index in [4.69, 9.17) is 5.73 Å². The van der Waals surface area contributed by atoms with Crippen LogP contribution in [0.15, 0.2) is 41.3 Å². The maximum absolute atomic E-state index is 13.0. The second-order valence-corrected chi connectivity index (χ2v) is 6.02. The lowest BCUT2D eigenvalue weighted by Gasteiger charge is -2.09. The van der Waals surface area contributed by atoms with Crippen molar-refractivity contribution in [1.29, 1.82) is 0 Å². The van der Waals surface area contributed by atoms with E-state index in [1.165, 1.54) is 12.1 Å². The molecule has 4 heteroatoms. The van der Waals surface area contributed by atoms with E-state index in [-0.39, 0.29) is 5.82 Å². The molecule has 0 saturated carbocycles. The molecule has 1 unspecified atom stereocenters. The minimum atomic E-state index is -1.22. The van der Waals surface area contributed by atoms with Crippen LogP contribution in [-0.2, 0) is 16.6 Å². The minimum absolute atomic E-state index is 0.276. The Kier molecular flexibility index (Phi) is 4.00. The Hall–Kier alpha value is -1.68. The van der Waals surface area contributed by atoms with Crippen LogP contribution < -0.4 is 5.73 Å². The van der Waals surface area contributed by atoms with Gasteiger partial charge in [-0.2, -0.15) is 0 Å². The van der Waals surface area contributed by atoms with Gasteiger partial charge in [-0.05, 0) is 54.8 Å². The Bertz CT molecular complexity index is 640. The number of rotatable bonds is 3. The van der Waals surface area contributed by atoms with Crippen LogP contribution in [-0.4, -0.2) is 4.21 Å². The standard InChI is InChI=1S/C15H16FNOS/c1-10-3-6-15(14(17)7-10)19(18)9-12-4-5-13(16)8-11(12)2/h3-8H,9,17H2,1-2H3. The molecule has 2 aromatic carbocycles. The van der Waals surface area contributed by atoms with Gasteiger partial charge in [0.25, 0.3) is 0 Å². The number of halogens is 1. The zero-order valence-electron chi connectivity index (χ0n) is 10.9. The van der Waals surface area contributed by atoms with E-state index in [0.29, 0.717) is 16.3 Å². The zero-order valence-corrected chi connectivity index (χ0v) is 11.8. The molecule has 2 rings (SSSR count). The van der Waals surface area contributed by atoms with Crippen molar-refractivity contribution in [2.45, 2.75) is 24.5 Å². The molecule has 0 spiro atoms. The summed E-state index contributed by atoms with van der Waals surface area (Å²) in [5.74, 6) is 0.0706. The first-order valence-electron chi connectivity index (χ1n) is 5.97. The van der Waals surface area contributed by atoms with Crippen LogP contribution in [0, 0.1) is 19.7 Å². The van der Waals surface area contributed by atoms with Crippen LogP contribution >= 0.6 is 0 Å². The first kappa shape index (κ1) is 13.7. The number of nitrogen functional groups attached to an aromatic ring is 1. The predicted molar refractivity (Wildman–Crippen MR) is 76.8 cm³/mol. The van der Waals surface area contributed by atoms with E-state index in [9.17, 15) is 8.60 Å². The Morgan fingerprint density at radius 2 is 1.89 bits per heavy atom. The fraction of sp³-hybridized carbons (Fsp3) is 0.200. The first-order chi connectivity index (χ1) is 8.97. The largest absolute Gasteiger partial charge is 0.398 e. The Morgan fingerprint density at radius 3 is 2.53 bits per heavy atom. The fourth-order valence-electron chi connectivity index (χ4n) is 1.92. The van der Waals surface area contributed by atoms with Crippen molar-refractivity contribution < 1.29 is 8.60 Å². The lowest BCUT2D eigenvalue weighted by atomic mass is 10.1. The summed E-state index contributed by atoms with van der Waals surface area (Å²) in [6.07, 6.45) is 0. The van der Waals surface area contributed by atoms with Gasteiger partial charge in [0, 0.05) is 5.69 Å². The SMILES string of the molecule is Cc1ccc(S(=O)Cc2ccc(F)cc2C)c(N)c1. The van der Waals surface area contributed by atoms with Crippen LogP contribution in [0.25, 0.3) is 0 Å². The van der Waals surface area contributed by atoms with Crippen molar-refractivity contribution >= 4 is 16.5 Å². The van der Waals surface area contributed by atoms with Crippen LogP contribution in [0.2, 0.25) is 0 Å². The molecular formula is C15H16FNOS. The molecule has 0 saturated heterocycles. The number of aryl methyl sites for hydroxylation is 2. The molecule has 0 aliphatic carbocycles. The van der Waals surface area contributed by atoms with E-state index >= 15 is 0 Å². The quantitative estimate of drug-likeness (QED) is 0.874. The molecule has 0 aromatic heterocycles. The number of anilines is 1. The van der Waals surface area contributed by atoms with Gasteiger partial charge in [0.2, 0.25) is 0 Å². The topological polar surface area (TPSA) is 43.1 Å². The summed E-state index contributed by atoms with van der Waals surface area (Å²) < 4.78 is 25.3. The maximum Gasteiger partial charge on any atom is 0.123 e. The molecule has 0 aliphatic heterocycles. The Labute approximate surface area is 114 Å². The third-order valence-corrected chi connectivity index (χ3v) is 4.44. The molecule has 2 N–H and O–H groups in total. The van der Waals surface area contributed by atoms with Crippen LogP contribution in [0.4, 0.5) is 10.1 Å². The Morgan fingerprint density at radius 1 is 1.16 bits per heavy atom. The van der Waals surface area contributed by atoms with Crippen molar-refractivity contribution in [1.82, 2.24) is 0 Å². The highest BCUT2D eigenvalue weighted by atomic mass is 32.2. The van der Waals surface area contributed by atoms with Gasteiger partial charge in [0.1, 0.15) is 5.82 Å². The van der Waals surface area contributed by atoms with E-state index in [0.717, 1.165) is 16.7 Å². The minimum Gasteiger partial charge on any atom is -0.398 e. The second kappa shape index (κ2) is 5.53. The maximum atomic E-state index is 13.0. The van der Waals surface area contributed by atoms with Crippen molar-refractivity contribution in [3.8, 4) is 0 Å². The third-order valence-electron chi connectivity index (χ3n) is 3.00. The molecule has 0 amide bonds. The summed E-state index contributed by atoms with van der Waals surface area (Å²) in [6.45, 7) is 3.75.